The molecular weight excluding hydrogens is 358 g/mol. The third-order valence-corrected chi connectivity index (χ3v) is 6.11. The van der Waals surface area contributed by atoms with Crippen LogP contribution in [0, 0.1) is 0 Å². The highest BCUT2D eigenvalue weighted by Gasteiger charge is 2.16. The van der Waals surface area contributed by atoms with Crippen LogP contribution >= 0.6 is 11.3 Å². The van der Waals surface area contributed by atoms with Gasteiger partial charge in [-0.25, -0.2) is 13.1 Å². The number of hydrogen-bond donors (Lipinski definition) is 2. The molecule has 0 radical (unpaired) electrons. The SMILES string of the molecule is CNCCN(C)C(=O)c1ccc(S(=O)(=O)NCCc2cccs2)cc1. The minimum absolute atomic E-state index is 0.134. The second-order valence-corrected chi connectivity index (χ2v) is 8.38. The number of nitrogens with zero attached hydrogens (tertiary/aromatic N) is 1. The molecular formula is C17H23N3O3S2. The van der Waals surface area contributed by atoms with Crippen molar-refractivity contribution < 1.29 is 13.2 Å². The van der Waals surface area contributed by atoms with Crippen molar-refractivity contribution in [3.05, 3.63) is 52.2 Å². The van der Waals surface area contributed by atoms with E-state index in [1.165, 1.54) is 12.1 Å². The molecule has 2 rings (SSSR count). The van der Waals surface area contributed by atoms with Crippen LogP contribution in [0.5, 0.6) is 0 Å². The summed E-state index contributed by atoms with van der Waals surface area (Å²) in [4.78, 5) is 15.1. The molecule has 0 saturated heterocycles. The van der Waals surface area contributed by atoms with Crippen molar-refractivity contribution in [2.45, 2.75) is 11.3 Å². The molecule has 2 aromatic rings. The molecule has 8 heteroatoms. The van der Waals surface area contributed by atoms with Crippen LogP contribution in [0.3, 0.4) is 0 Å². The maximum atomic E-state index is 12.3. The minimum atomic E-state index is -3.57. The van der Waals surface area contributed by atoms with Gasteiger partial charge in [-0.2, -0.15) is 0 Å². The van der Waals surface area contributed by atoms with Gasteiger partial charge < -0.3 is 10.2 Å². The van der Waals surface area contributed by atoms with Crippen molar-refractivity contribution in [1.82, 2.24) is 14.9 Å². The van der Waals surface area contributed by atoms with Crippen molar-refractivity contribution in [3.8, 4) is 0 Å². The van der Waals surface area contributed by atoms with Crippen molar-refractivity contribution in [1.29, 1.82) is 0 Å². The molecule has 0 spiro atoms. The molecule has 0 aliphatic heterocycles. The van der Waals surface area contributed by atoms with E-state index in [1.54, 1.807) is 35.4 Å². The number of carbonyl (C=O) groups excluding carboxylic acids is 1. The van der Waals surface area contributed by atoms with E-state index in [1.807, 2.05) is 24.6 Å². The highest BCUT2D eigenvalue weighted by atomic mass is 32.2. The molecule has 0 aliphatic rings. The van der Waals surface area contributed by atoms with Crippen molar-refractivity contribution in [3.63, 3.8) is 0 Å². The summed E-state index contributed by atoms with van der Waals surface area (Å²) in [5.74, 6) is -0.134. The molecule has 0 atom stereocenters. The molecule has 2 N–H and O–H groups in total. The molecule has 6 nitrogen and oxygen atoms in total. The van der Waals surface area contributed by atoms with E-state index in [2.05, 4.69) is 10.0 Å². The zero-order chi connectivity index (χ0) is 18.3. The summed E-state index contributed by atoms with van der Waals surface area (Å²) in [5.41, 5.74) is 0.469. The van der Waals surface area contributed by atoms with Crippen LogP contribution in [-0.4, -0.2) is 53.0 Å². The van der Waals surface area contributed by atoms with Gasteiger partial charge in [-0.05, 0) is 49.2 Å². The first-order valence-electron chi connectivity index (χ1n) is 7.96. The van der Waals surface area contributed by atoms with Gasteiger partial charge in [0, 0.05) is 37.1 Å². The minimum Gasteiger partial charge on any atom is -0.340 e. The van der Waals surface area contributed by atoms with Gasteiger partial charge in [-0.1, -0.05) is 6.07 Å². The maximum absolute atomic E-state index is 12.3. The first kappa shape index (κ1) is 19.6. The zero-order valence-electron chi connectivity index (χ0n) is 14.4. The summed E-state index contributed by atoms with van der Waals surface area (Å²) in [5, 5.41) is 4.95. The summed E-state index contributed by atoms with van der Waals surface area (Å²) >= 11 is 1.60. The largest absolute Gasteiger partial charge is 0.340 e. The Morgan fingerprint density at radius 1 is 1.16 bits per heavy atom. The topological polar surface area (TPSA) is 78.5 Å². The van der Waals surface area contributed by atoms with Crippen LogP contribution in [0.15, 0.2) is 46.7 Å². The number of carbonyl (C=O) groups is 1. The third kappa shape index (κ3) is 5.64. The zero-order valence-corrected chi connectivity index (χ0v) is 16.0. The molecule has 0 bridgehead atoms. The second-order valence-electron chi connectivity index (χ2n) is 5.58. The molecule has 1 heterocycles. The Kier molecular flexibility index (Phi) is 7.12. The number of nitrogens with one attached hydrogen (secondary N) is 2. The Morgan fingerprint density at radius 2 is 1.88 bits per heavy atom. The van der Waals surface area contributed by atoms with Crippen molar-refractivity contribution in [2.24, 2.45) is 0 Å². The fraction of sp³-hybridized carbons (Fsp3) is 0.353. The summed E-state index contributed by atoms with van der Waals surface area (Å²) in [6.07, 6.45) is 0.656. The lowest BCUT2D eigenvalue weighted by Crippen LogP contribution is -2.32. The molecule has 1 aromatic heterocycles. The van der Waals surface area contributed by atoms with Gasteiger partial charge in [0.2, 0.25) is 10.0 Å². The summed E-state index contributed by atoms with van der Waals surface area (Å²) in [6.45, 7) is 1.62. The van der Waals surface area contributed by atoms with E-state index in [9.17, 15) is 13.2 Å². The van der Waals surface area contributed by atoms with E-state index in [0.29, 0.717) is 31.6 Å². The van der Waals surface area contributed by atoms with Gasteiger partial charge in [-0.3, -0.25) is 4.79 Å². The van der Waals surface area contributed by atoms with Crippen LogP contribution in [0.25, 0.3) is 0 Å². The van der Waals surface area contributed by atoms with E-state index in [-0.39, 0.29) is 10.8 Å². The van der Waals surface area contributed by atoms with E-state index in [0.717, 1.165) is 4.88 Å². The Labute approximate surface area is 152 Å². The second kappa shape index (κ2) is 9.10. The smallest absolute Gasteiger partial charge is 0.253 e. The summed E-state index contributed by atoms with van der Waals surface area (Å²) < 4.78 is 27.2. The average Bonchev–Trinajstić information content (AvgIpc) is 3.12. The lowest BCUT2D eigenvalue weighted by Gasteiger charge is -2.17. The van der Waals surface area contributed by atoms with E-state index < -0.39 is 10.0 Å². The first-order valence-corrected chi connectivity index (χ1v) is 10.3. The van der Waals surface area contributed by atoms with Gasteiger partial charge in [0.15, 0.2) is 0 Å². The fourth-order valence-electron chi connectivity index (χ4n) is 2.22. The van der Waals surface area contributed by atoms with Crippen LogP contribution in [0.1, 0.15) is 15.2 Å². The Hall–Kier alpha value is -1.74. The fourth-order valence-corrected chi connectivity index (χ4v) is 3.97. The number of benzene rings is 1. The number of amides is 1. The third-order valence-electron chi connectivity index (χ3n) is 3.70. The van der Waals surface area contributed by atoms with E-state index in [4.69, 9.17) is 0 Å². The van der Waals surface area contributed by atoms with Gasteiger partial charge >= 0.3 is 0 Å². The maximum Gasteiger partial charge on any atom is 0.253 e. The van der Waals surface area contributed by atoms with Gasteiger partial charge in [0.1, 0.15) is 0 Å². The predicted octanol–water partition coefficient (Wildman–Crippen LogP) is 1.56. The number of sulfonamides is 1. The summed E-state index contributed by atoms with van der Waals surface area (Å²) in [6, 6.07) is 9.94. The molecule has 1 aromatic carbocycles. The monoisotopic (exact) mass is 381 g/mol. The number of rotatable bonds is 9. The lowest BCUT2D eigenvalue weighted by molar-refractivity contribution is 0.0796. The van der Waals surface area contributed by atoms with Gasteiger partial charge in [-0.15, -0.1) is 11.3 Å². The molecule has 0 unspecified atom stereocenters. The van der Waals surface area contributed by atoms with Crippen LogP contribution in [0.2, 0.25) is 0 Å². The quantitative estimate of drug-likeness (QED) is 0.691. The van der Waals surface area contributed by atoms with E-state index >= 15 is 0 Å². The molecule has 0 aliphatic carbocycles. The predicted molar refractivity (Wildman–Crippen MR) is 101 cm³/mol. The lowest BCUT2D eigenvalue weighted by atomic mass is 10.2. The number of hydrogen-bond acceptors (Lipinski definition) is 5. The standard InChI is InChI=1S/C17H23N3O3S2/c1-18-11-12-20(2)17(21)14-5-7-16(8-6-14)25(22,23)19-10-9-15-4-3-13-24-15/h3-8,13,18-19H,9-12H2,1-2H3. The number of likely N-dealkylation sites (N-methyl/N-ethyl adjacent to an activating group) is 2. The highest BCUT2D eigenvalue weighted by molar-refractivity contribution is 7.89. The van der Waals surface area contributed by atoms with Crippen LogP contribution < -0.4 is 10.0 Å². The van der Waals surface area contributed by atoms with Crippen LogP contribution in [0.4, 0.5) is 0 Å². The van der Waals surface area contributed by atoms with Crippen LogP contribution in [-0.2, 0) is 16.4 Å². The van der Waals surface area contributed by atoms with Crippen molar-refractivity contribution in [2.75, 3.05) is 33.7 Å². The Morgan fingerprint density at radius 3 is 2.48 bits per heavy atom. The van der Waals surface area contributed by atoms with Crippen molar-refractivity contribution >= 4 is 27.3 Å². The van der Waals surface area contributed by atoms with Gasteiger partial charge in [0.05, 0.1) is 4.90 Å². The highest BCUT2D eigenvalue weighted by Crippen LogP contribution is 2.13. The molecule has 1 amide bonds. The summed E-state index contributed by atoms with van der Waals surface area (Å²) in [7, 11) is -0.0291. The number of thiophene rings is 1. The average molecular weight is 382 g/mol. The normalized spacial score (nSPS) is 11.4. The first-order chi connectivity index (χ1) is 11.9. The molecule has 0 saturated carbocycles. The Bertz CT molecular complexity index is 772. The Balaban J connectivity index is 1.96. The molecule has 0 fully saturated rings. The molecule has 25 heavy (non-hydrogen) atoms. The van der Waals surface area contributed by atoms with Gasteiger partial charge in [0.25, 0.3) is 5.91 Å². The molecule has 136 valence electrons.